The minimum Gasteiger partial charge on any atom is -0.379 e. The van der Waals surface area contributed by atoms with E-state index in [1.807, 2.05) is 6.20 Å². The van der Waals surface area contributed by atoms with Crippen molar-refractivity contribution in [1.29, 1.82) is 0 Å². The number of ether oxygens (including phenoxy) is 1. The van der Waals surface area contributed by atoms with Crippen LogP contribution in [0.3, 0.4) is 0 Å². The predicted octanol–water partition coefficient (Wildman–Crippen LogP) is 0.447. The van der Waals surface area contributed by atoms with Gasteiger partial charge in [0, 0.05) is 51.5 Å². The lowest BCUT2D eigenvalue weighted by molar-refractivity contribution is 0.0183. The molecule has 2 fully saturated rings. The van der Waals surface area contributed by atoms with Crippen molar-refractivity contribution in [2.45, 2.75) is 25.6 Å². The Morgan fingerprint density at radius 2 is 2.10 bits per heavy atom. The highest BCUT2D eigenvalue weighted by Gasteiger charge is 2.28. The van der Waals surface area contributed by atoms with Gasteiger partial charge in [0.25, 0.3) is 0 Å². The zero-order chi connectivity index (χ0) is 13.8. The molecule has 0 bridgehead atoms. The van der Waals surface area contributed by atoms with E-state index in [1.54, 1.807) is 0 Å². The Hall–Kier alpha value is -1.01. The van der Waals surface area contributed by atoms with Gasteiger partial charge in [-0.15, -0.1) is 0 Å². The molecule has 1 atom stereocenters. The highest BCUT2D eigenvalue weighted by atomic mass is 16.5. The second-order valence-corrected chi connectivity index (χ2v) is 5.69. The molecule has 1 aromatic heterocycles. The summed E-state index contributed by atoms with van der Waals surface area (Å²) in [6, 6.07) is 4.88. The van der Waals surface area contributed by atoms with E-state index < -0.39 is 0 Å². The Bertz CT molecular complexity index is 416. The molecule has 110 valence electrons. The Balaban J connectivity index is 1.51. The Kier molecular flexibility index (Phi) is 4.62. The van der Waals surface area contributed by atoms with E-state index in [-0.39, 0.29) is 0 Å². The van der Waals surface area contributed by atoms with Crippen LogP contribution in [0.2, 0.25) is 0 Å². The first-order chi connectivity index (χ1) is 9.85. The Morgan fingerprint density at radius 3 is 2.80 bits per heavy atom. The number of aromatic nitrogens is 1. The molecule has 2 aliphatic rings. The lowest BCUT2D eigenvalue weighted by Gasteiger charge is -2.32. The maximum atomic E-state index is 5.60. The Morgan fingerprint density at radius 1 is 1.25 bits per heavy atom. The van der Waals surface area contributed by atoms with Crippen LogP contribution in [-0.2, 0) is 17.8 Å². The second-order valence-electron chi connectivity index (χ2n) is 5.69. The molecule has 2 N–H and O–H groups in total. The SMILES string of the molecule is NCc1ccc(CN2CCC(N3CCOCC3)C2)nc1. The summed E-state index contributed by atoms with van der Waals surface area (Å²) in [7, 11) is 0. The lowest BCUT2D eigenvalue weighted by atomic mass is 10.2. The van der Waals surface area contributed by atoms with E-state index in [1.165, 1.54) is 13.0 Å². The molecule has 5 heteroatoms. The molecule has 3 rings (SSSR count). The van der Waals surface area contributed by atoms with Crippen LogP contribution in [0, 0.1) is 0 Å². The summed E-state index contributed by atoms with van der Waals surface area (Å²) in [5, 5.41) is 0. The number of likely N-dealkylation sites (tertiary alicyclic amines) is 1. The van der Waals surface area contributed by atoms with Crippen molar-refractivity contribution >= 4 is 0 Å². The Labute approximate surface area is 120 Å². The quantitative estimate of drug-likeness (QED) is 0.865. The zero-order valence-electron chi connectivity index (χ0n) is 12.0. The van der Waals surface area contributed by atoms with Crippen molar-refractivity contribution in [2.75, 3.05) is 39.4 Å². The summed E-state index contributed by atoms with van der Waals surface area (Å²) in [4.78, 5) is 9.58. The van der Waals surface area contributed by atoms with Crippen molar-refractivity contribution in [3.63, 3.8) is 0 Å². The maximum absolute atomic E-state index is 5.60. The first kappa shape index (κ1) is 13.9. The molecular formula is C15H24N4O. The molecule has 1 aromatic rings. The third-order valence-electron chi connectivity index (χ3n) is 4.32. The first-order valence-electron chi connectivity index (χ1n) is 7.53. The van der Waals surface area contributed by atoms with Crippen LogP contribution in [0.25, 0.3) is 0 Å². The van der Waals surface area contributed by atoms with E-state index in [2.05, 4.69) is 26.9 Å². The van der Waals surface area contributed by atoms with E-state index in [9.17, 15) is 0 Å². The average Bonchev–Trinajstić information content (AvgIpc) is 2.97. The highest BCUT2D eigenvalue weighted by molar-refractivity contribution is 5.13. The average molecular weight is 276 g/mol. The van der Waals surface area contributed by atoms with Gasteiger partial charge in [0.15, 0.2) is 0 Å². The van der Waals surface area contributed by atoms with E-state index in [4.69, 9.17) is 10.5 Å². The molecule has 0 aliphatic carbocycles. The normalized spacial score (nSPS) is 25.1. The molecular weight excluding hydrogens is 252 g/mol. The molecule has 2 aliphatic heterocycles. The van der Waals surface area contributed by atoms with Crippen LogP contribution in [-0.4, -0.2) is 60.2 Å². The van der Waals surface area contributed by atoms with Crippen LogP contribution in [0.1, 0.15) is 17.7 Å². The van der Waals surface area contributed by atoms with Gasteiger partial charge < -0.3 is 10.5 Å². The van der Waals surface area contributed by atoms with Gasteiger partial charge in [0.1, 0.15) is 0 Å². The molecule has 20 heavy (non-hydrogen) atoms. The lowest BCUT2D eigenvalue weighted by Crippen LogP contribution is -2.44. The monoisotopic (exact) mass is 276 g/mol. The van der Waals surface area contributed by atoms with Crippen LogP contribution >= 0.6 is 0 Å². The zero-order valence-corrected chi connectivity index (χ0v) is 12.0. The van der Waals surface area contributed by atoms with Gasteiger partial charge >= 0.3 is 0 Å². The van der Waals surface area contributed by atoms with Gasteiger partial charge in [-0.3, -0.25) is 14.8 Å². The number of hydrogen-bond donors (Lipinski definition) is 1. The number of pyridine rings is 1. The summed E-state index contributed by atoms with van der Waals surface area (Å²) in [6.45, 7) is 7.78. The van der Waals surface area contributed by atoms with E-state index in [0.29, 0.717) is 12.6 Å². The summed E-state index contributed by atoms with van der Waals surface area (Å²) >= 11 is 0. The molecule has 0 spiro atoms. The number of hydrogen-bond acceptors (Lipinski definition) is 5. The van der Waals surface area contributed by atoms with Gasteiger partial charge in [-0.2, -0.15) is 0 Å². The van der Waals surface area contributed by atoms with Crippen molar-refractivity contribution < 1.29 is 4.74 Å². The van der Waals surface area contributed by atoms with Crippen LogP contribution in [0.5, 0.6) is 0 Å². The van der Waals surface area contributed by atoms with Gasteiger partial charge in [-0.05, 0) is 18.1 Å². The number of morpholine rings is 1. The van der Waals surface area contributed by atoms with Crippen LogP contribution in [0.15, 0.2) is 18.3 Å². The summed E-state index contributed by atoms with van der Waals surface area (Å²) in [5.74, 6) is 0. The summed E-state index contributed by atoms with van der Waals surface area (Å²) < 4.78 is 5.43. The molecule has 0 radical (unpaired) electrons. The van der Waals surface area contributed by atoms with E-state index >= 15 is 0 Å². The van der Waals surface area contributed by atoms with Gasteiger partial charge in [0.05, 0.1) is 18.9 Å². The molecule has 0 aromatic carbocycles. The third kappa shape index (κ3) is 3.35. The number of nitrogens with two attached hydrogens (primary N) is 1. The number of rotatable bonds is 4. The fourth-order valence-electron chi connectivity index (χ4n) is 3.09. The smallest absolute Gasteiger partial charge is 0.0594 e. The standard InChI is InChI=1S/C15H24N4O/c16-9-13-1-2-14(17-10-13)11-18-4-3-15(12-18)19-5-7-20-8-6-19/h1-2,10,15H,3-9,11-12,16H2. The molecule has 1 unspecified atom stereocenters. The fourth-order valence-corrected chi connectivity index (χ4v) is 3.09. The topological polar surface area (TPSA) is 54.6 Å². The molecule has 5 nitrogen and oxygen atoms in total. The molecule has 2 saturated heterocycles. The highest BCUT2D eigenvalue weighted by Crippen LogP contribution is 2.18. The van der Waals surface area contributed by atoms with Crippen LogP contribution < -0.4 is 5.73 Å². The van der Waals surface area contributed by atoms with Crippen LogP contribution in [0.4, 0.5) is 0 Å². The maximum Gasteiger partial charge on any atom is 0.0594 e. The predicted molar refractivity (Wildman–Crippen MR) is 78.2 cm³/mol. The van der Waals surface area contributed by atoms with Crippen molar-refractivity contribution in [1.82, 2.24) is 14.8 Å². The largest absolute Gasteiger partial charge is 0.379 e. The van der Waals surface area contributed by atoms with E-state index in [0.717, 1.165) is 50.7 Å². The third-order valence-corrected chi connectivity index (χ3v) is 4.32. The minimum atomic E-state index is 0.566. The minimum absolute atomic E-state index is 0.566. The number of nitrogens with zero attached hydrogens (tertiary/aromatic N) is 3. The molecule has 0 saturated carbocycles. The van der Waals surface area contributed by atoms with Crippen molar-refractivity contribution in [2.24, 2.45) is 5.73 Å². The van der Waals surface area contributed by atoms with Crippen molar-refractivity contribution in [3.05, 3.63) is 29.6 Å². The van der Waals surface area contributed by atoms with Gasteiger partial charge in [-0.1, -0.05) is 6.07 Å². The molecule has 0 amide bonds. The second kappa shape index (κ2) is 6.63. The van der Waals surface area contributed by atoms with Gasteiger partial charge in [0.2, 0.25) is 0 Å². The first-order valence-corrected chi connectivity index (χ1v) is 7.53. The fraction of sp³-hybridized carbons (Fsp3) is 0.667. The molecule has 3 heterocycles. The summed E-state index contributed by atoms with van der Waals surface area (Å²) in [6.07, 6.45) is 3.16. The summed E-state index contributed by atoms with van der Waals surface area (Å²) in [5.41, 5.74) is 7.84. The van der Waals surface area contributed by atoms with Crippen molar-refractivity contribution in [3.8, 4) is 0 Å². The van der Waals surface area contributed by atoms with Gasteiger partial charge in [-0.25, -0.2) is 0 Å².